The Kier molecular flexibility index (Phi) is 10.3. The first-order valence-corrected chi connectivity index (χ1v) is 11.5. The van der Waals surface area contributed by atoms with E-state index in [4.69, 9.17) is 9.47 Å². The van der Waals surface area contributed by atoms with Crippen LogP contribution in [-0.4, -0.2) is 67.0 Å². The number of methoxy groups -OCH3 is 2. The van der Waals surface area contributed by atoms with Crippen molar-refractivity contribution in [1.82, 2.24) is 15.5 Å². The summed E-state index contributed by atoms with van der Waals surface area (Å²) in [6.45, 7) is 4.58. The Morgan fingerprint density at radius 2 is 1.75 bits per heavy atom. The lowest BCUT2D eigenvalue weighted by Crippen LogP contribution is -2.57. The Hall–Kier alpha value is -3.15. The zero-order valence-corrected chi connectivity index (χ0v) is 20.9. The summed E-state index contributed by atoms with van der Waals surface area (Å²) < 4.78 is 51.2. The summed E-state index contributed by atoms with van der Waals surface area (Å²) in [5, 5.41) is 5.13. The maximum atomic E-state index is 14.1. The molecule has 1 aromatic carbocycles. The van der Waals surface area contributed by atoms with E-state index < -0.39 is 71.9 Å². The minimum absolute atomic E-state index is 0.0744. The van der Waals surface area contributed by atoms with Gasteiger partial charge in [-0.1, -0.05) is 13.8 Å². The van der Waals surface area contributed by atoms with Gasteiger partial charge in [0, 0.05) is 44.2 Å². The molecule has 3 amide bonds. The van der Waals surface area contributed by atoms with Crippen LogP contribution in [0.15, 0.2) is 12.1 Å². The lowest BCUT2D eigenvalue weighted by molar-refractivity contribution is -0.147. The van der Waals surface area contributed by atoms with Crippen LogP contribution in [0.3, 0.4) is 0 Å². The van der Waals surface area contributed by atoms with Gasteiger partial charge in [-0.15, -0.1) is 0 Å². The van der Waals surface area contributed by atoms with Crippen molar-refractivity contribution in [3.63, 3.8) is 0 Å². The van der Waals surface area contributed by atoms with Crippen molar-refractivity contribution in [1.29, 1.82) is 0 Å². The molecule has 2 rings (SSSR count). The van der Waals surface area contributed by atoms with E-state index in [1.807, 2.05) is 0 Å². The molecule has 1 aliphatic heterocycles. The second-order valence-corrected chi connectivity index (χ2v) is 9.02. The number of ether oxygens (including phenoxy) is 2. The van der Waals surface area contributed by atoms with Gasteiger partial charge in [-0.2, -0.15) is 0 Å². The fraction of sp³-hybridized carbons (Fsp3) is 0.583. The molecule has 0 bridgehead atoms. The largest absolute Gasteiger partial charge is 0.467 e. The number of esters is 1. The molecule has 9 nitrogen and oxygen atoms in total. The summed E-state index contributed by atoms with van der Waals surface area (Å²) in [6, 6.07) is -1.59. The molecule has 4 atom stereocenters. The molecule has 1 saturated heterocycles. The third kappa shape index (κ3) is 7.19. The first-order valence-electron chi connectivity index (χ1n) is 11.5. The van der Waals surface area contributed by atoms with E-state index in [1.54, 1.807) is 20.8 Å². The summed E-state index contributed by atoms with van der Waals surface area (Å²) >= 11 is 0. The molecular weight excluding hydrogens is 483 g/mol. The number of benzene rings is 1. The van der Waals surface area contributed by atoms with E-state index in [0.29, 0.717) is 6.07 Å². The number of hydrogen-bond donors (Lipinski definition) is 2. The van der Waals surface area contributed by atoms with Gasteiger partial charge in [-0.3, -0.25) is 14.4 Å². The lowest BCUT2D eigenvalue weighted by atomic mass is 10.0. The number of nitrogens with zero attached hydrogens (tertiary/aromatic N) is 1. The highest BCUT2D eigenvalue weighted by atomic mass is 19.2. The molecule has 0 aromatic heterocycles. The summed E-state index contributed by atoms with van der Waals surface area (Å²) in [5.41, 5.74) is -0.346. The van der Waals surface area contributed by atoms with Crippen molar-refractivity contribution in [3.8, 4) is 0 Å². The number of carbonyl (C=O) groups excluding carboxylic acids is 4. The number of hydrogen-bond acceptors (Lipinski definition) is 6. The van der Waals surface area contributed by atoms with Crippen LogP contribution in [0.4, 0.5) is 13.2 Å². The van der Waals surface area contributed by atoms with Gasteiger partial charge in [-0.25, -0.2) is 18.0 Å². The SMILES string of the molecule is COC(=O)[C@@H](NC(=O)[C@@H](NC(=O)C[C@@H]1CCC(=O)N1Cc1cc(F)cc(F)c1F)[C@@H](C)OC)C(C)C. The van der Waals surface area contributed by atoms with Crippen molar-refractivity contribution < 1.29 is 41.8 Å². The highest BCUT2D eigenvalue weighted by molar-refractivity contribution is 5.91. The summed E-state index contributed by atoms with van der Waals surface area (Å²) in [7, 11) is 2.54. The summed E-state index contributed by atoms with van der Waals surface area (Å²) in [5.74, 6) is -6.23. The van der Waals surface area contributed by atoms with Crippen molar-refractivity contribution in [2.24, 2.45) is 5.92 Å². The monoisotopic (exact) mass is 515 g/mol. The minimum Gasteiger partial charge on any atom is -0.467 e. The number of amides is 3. The van der Waals surface area contributed by atoms with E-state index in [2.05, 4.69) is 10.6 Å². The van der Waals surface area contributed by atoms with Gasteiger partial charge >= 0.3 is 5.97 Å². The molecule has 0 unspecified atom stereocenters. The molecule has 1 heterocycles. The van der Waals surface area contributed by atoms with Crippen molar-refractivity contribution in [3.05, 3.63) is 35.1 Å². The normalized spacial score (nSPS) is 18.1. The fourth-order valence-corrected chi connectivity index (χ4v) is 3.98. The molecule has 0 aliphatic carbocycles. The maximum absolute atomic E-state index is 14.1. The van der Waals surface area contributed by atoms with Gasteiger partial charge in [0.1, 0.15) is 17.9 Å². The average molecular weight is 516 g/mol. The number of carbonyl (C=O) groups is 4. The van der Waals surface area contributed by atoms with Crippen LogP contribution in [0.25, 0.3) is 0 Å². The molecular formula is C24H32F3N3O6. The van der Waals surface area contributed by atoms with Gasteiger partial charge < -0.3 is 25.0 Å². The quantitative estimate of drug-likeness (QED) is 0.343. The average Bonchev–Trinajstić information content (AvgIpc) is 3.16. The van der Waals surface area contributed by atoms with Gasteiger partial charge in [0.05, 0.1) is 13.2 Å². The highest BCUT2D eigenvalue weighted by Gasteiger charge is 2.36. The Bertz CT molecular complexity index is 990. The predicted molar refractivity (Wildman–Crippen MR) is 122 cm³/mol. The van der Waals surface area contributed by atoms with Gasteiger partial charge in [-0.05, 0) is 25.3 Å². The summed E-state index contributed by atoms with van der Waals surface area (Å²) in [4.78, 5) is 51.4. The molecule has 36 heavy (non-hydrogen) atoms. The maximum Gasteiger partial charge on any atom is 0.328 e. The third-order valence-corrected chi connectivity index (χ3v) is 6.14. The van der Waals surface area contributed by atoms with Crippen LogP contribution in [0.1, 0.15) is 45.6 Å². The Morgan fingerprint density at radius 3 is 2.33 bits per heavy atom. The van der Waals surface area contributed by atoms with Crippen LogP contribution in [-0.2, 0) is 35.2 Å². The van der Waals surface area contributed by atoms with Gasteiger partial charge in [0.15, 0.2) is 11.6 Å². The standard InChI is InChI=1S/C24H32F3N3O6/c1-12(2)21(24(34)36-5)29-23(33)22(13(3)35-4)28-18(31)10-16-6-7-19(32)30(16)11-14-8-15(25)9-17(26)20(14)27/h8-9,12-13,16,21-22H,6-7,10-11H2,1-5H3,(H,28,31)(H,29,33)/t13-,16+,21+,22+/m1/s1. The molecule has 0 spiro atoms. The molecule has 200 valence electrons. The molecule has 1 aromatic rings. The number of nitrogens with one attached hydrogen (secondary N) is 2. The molecule has 1 aliphatic rings. The second-order valence-electron chi connectivity index (χ2n) is 9.02. The topological polar surface area (TPSA) is 114 Å². The van der Waals surface area contributed by atoms with Crippen molar-refractivity contribution in [2.45, 2.75) is 70.8 Å². The van der Waals surface area contributed by atoms with Gasteiger partial charge in [0.25, 0.3) is 0 Å². The Morgan fingerprint density at radius 1 is 1.08 bits per heavy atom. The van der Waals surface area contributed by atoms with Crippen LogP contribution >= 0.6 is 0 Å². The van der Waals surface area contributed by atoms with E-state index in [1.165, 1.54) is 19.1 Å². The predicted octanol–water partition coefficient (Wildman–Crippen LogP) is 1.82. The second kappa shape index (κ2) is 12.7. The number of halogens is 3. The summed E-state index contributed by atoms with van der Waals surface area (Å²) in [6.07, 6.45) is -0.675. The molecule has 1 fully saturated rings. The first-order chi connectivity index (χ1) is 16.9. The molecule has 0 radical (unpaired) electrons. The van der Waals surface area contributed by atoms with Crippen molar-refractivity contribution >= 4 is 23.7 Å². The smallest absolute Gasteiger partial charge is 0.328 e. The van der Waals surface area contributed by atoms with E-state index >= 15 is 0 Å². The van der Waals surface area contributed by atoms with Crippen molar-refractivity contribution in [2.75, 3.05) is 14.2 Å². The number of likely N-dealkylation sites (tertiary alicyclic amines) is 1. The van der Waals surface area contributed by atoms with Crippen LogP contribution in [0, 0.1) is 23.4 Å². The number of rotatable bonds is 11. The van der Waals surface area contributed by atoms with E-state index in [-0.39, 0.29) is 30.7 Å². The Labute approximate surface area is 207 Å². The first kappa shape index (κ1) is 29.1. The third-order valence-electron chi connectivity index (χ3n) is 6.14. The van der Waals surface area contributed by atoms with E-state index in [9.17, 15) is 32.3 Å². The molecule has 2 N–H and O–H groups in total. The van der Waals surface area contributed by atoms with Crippen LogP contribution < -0.4 is 10.6 Å². The van der Waals surface area contributed by atoms with E-state index in [0.717, 1.165) is 6.07 Å². The van der Waals surface area contributed by atoms with Crippen LogP contribution in [0.5, 0.6) is 0 Å². The minimum atomic E-state index is -1.37. The molecule has 12 heteroatoms. The van der Waals surface area contributed by atoms with Gasteiger partial charge in [0.2, 0.25) is 17.7 Å². The molecule has 0 saturated carbocycles. The zero-order valence-electron chi connectivity index (χ0n) is 20.9. The fourth-order valence-electron chi connectivity index (χ4n) is 3.98. The zero-order chi connectivity index (χ0) is 27.2. The highest BCUT2D eigenvalue weighted by Crippen LogP contribution is 2.26. The lowest BCUT2D eigenvalue weighted by Gasteiger charge is -2.28. The van der Waals surface area contributed by atoms with Crippen LogP contribution in [0.2, 0.25) is 0 Å². The Balaban J connectivity index is 2.13.